The van der Waals surface area contributed by atoms with Crippen molar-refractivity contribution in [3.63, 3.8) is 0 Å². The van der Waals surface area contributed by atoms with E-state index in [1.807, 2.05) is 60.0 Å². The fraction of sp³-hybridized carbons (Fsp3) is 0.0952. The lowest BCUT2D eigenvalue weighted by Crippen LogP contribution is -2.07. The molecular formula is C21H17N5O2S2. The molecule has 1 heterocycles. The van der Waals surface area contributed by atoms with Crippen molar-refractivity contribution in [3.8, 4) is 0 Å². The van der Waals surface area contributed by atoms with Gasteiger partial charge in [-0.25, -0.2) is 0 Å². The van der Waals surface area contributed by atoms with E-state index in [4.69, 9.17) is 12.2 Å². The predicted molar refractivity (Wildman–Crippen MR) is 123 cm³/mol. The van der Waals surface area contributed by atoms with Crippen LogP contribution < -0.4 is 5.32 Å². The van der Waals surface area contributed by atoms with Crippen LogP contribution in [0.4, 0.5) is 22.7 Å². The lowest BCUT2D eigenvalue weighted by molar-refractivity contribution is -0.384. The number of non-ortho nitro benzene ring substituents is 1. The SMILES string of the molecule is Cc1ccc(N=Nc2ccc(NCn3c(=S)sc4cc([N+](=O)[O-])ccc43)cc2)cc1. The van der Waals surface area contributed by atoms with Gasteiger partial charge >= 0.3 is 0 Å². The molecule has 150 valence electrons. The number of nitro benzene ring substituents is 1. The molecule has 0 unspecified atom stereocenters. The topological polar surface area (TPSA) is 84.8 Å². The van der Waals surface area contributed by atoms with Crippen LogP contribution in [0.5, 0.6) is 0 Å². The molecular weight excluding hydrogens is 418 g/mol. The molecule has 1 aromatic heterocycles. The lowest BCUT2D eigenvalue weighted by Gasteiger charge is -2.09. The maximum Gasteiger partial charge on any atom is 0.270 e. The van der Waals surface area contributed by atoms with E-state index in [0.717, 1.165) is 27.3 Å². The number of thiazole rings is 1. The number of hydrogen-bond acceptors (Lipinski definition) is 7. The van der Waals surface area contributed by atoms with Crippen LogP contribution in [0.1, 0.15) is 5.56 Å². The van der Waals surface area contributed by atoms with Crippen molar-refractivity contribution < 1.29 is 4.92 Å². The number of aromatic nitrogens is 1. The standard InChI is InChI=1S/C21H17N5O2S2/c1-14-2-4-16(5-3-14)23-24-17-8-6-15(7-9-17)22-13-25-19-11-10-18(26(27)28)12-20(19)30-21(25)29/h2-12,22H,13H2,1H3. The molecule has 0 aliphatic heterocycles. The van der Waals surface area contributed by atoms with Crippen molar-refractivity contribution in [1.82, 2.24) is 4.57 Å². The third-order valence-electron chi connectivity index (χ3n) is 4.49. The first-order valence-corrected chi connectivity index (χ1v) is 10.3. The Hall–Kier alpha value is -3.43. The Morgan fingerprint density at radius 3 is 2.30 bits per heavy atom. The first kappa shape index (κ1) is 19.9. The van der Waals surface area contributed by atoms with Crippen molar-refractivity contribution in [2.75, 3.05) is 5.32 Å². The van der Waals surface area contributed by atoms with Crippen LogP contribution in [0.15, 0.2) is 77.0 Å². The number of hydrogen-bond donors (Lipinski definition) is 1. The molecule has 7 nitrogen and oxygen atoms in total. The number of nitro groups is 1. The largest absolute Gasteiger partial charge is 0.367 e. The van der Waals surface area contributed by atoms with Crippen LogP contribution in [0.3, 0.4) is 0 Å². The summed E-state index contributed by atoms with van der Waals surface area (Å²) in [6.07, 6.45) is 0. The van der Waals surface area contributed by atoms with Gasteiger partial charge in [0.15, 0.2) is 3.95 Å². The summed E-state index contributed by atoms with van der Waals surface area (Å²) in [7, 11) is 0. The maximum absolute atomic E-state index is 11.0. The van der Waals surface area contributed by atoms with Gasteiger partial charge in [-0.2, -0.15) is 10.2 Å². The number of aryl methyl sites for hydroxylation is 1. The highest BCUT2D eigenvalue weighted by molar-refractivity contribution is 7.73. The second kappa shape index (κ2) is 8.52. The molecule has 0 spiro atoms. The van der Waals surface area contributed by atoms with Crippen molar-refractivity contribution in [1.29, 1.82) is 0 Å². The summed E-state index contributed by atoms with van der Waals surface area (Å²) in [6.45, 7) is 2.49. The third kappa shape index (κ3) is 4.42. The molecule has 0 amide bonds. The maximum atomic E-state index is 11.0. The van der Waals surface area contributed by atoms with Gasteiger partial charge in [0.25, 0.3) is 5.69 Å². The van der Waals surface area contributed by atoms with Crippen molar-refractivity contribution in [2.45, 2.75) is 13.6 Å². The van der Waals surface area contributed by atoms with Crippen LogP contribution in [-0.4, -0.2) is 9.49 Å². The average Bonchev–Trinajstić information content (AvgIpc) is 3.06. The normalized spacial score (nSPS) is 11.2. The molecule has 30 heavy (non-hydrogen) atoms. The van der Waals surface area contributed by atoms with E-state index in [-0.39, 0.29) is 5.69 Å². The summed E-state index contributed by atoms with van der Waals surface area (Å²) < 4.78 is 3.37. The number of azo groups is 1. The van der Waals surface area contributed by atoms with Crippen molar-refractivity contribution in [3.05, 3.63) is 86.4 Å². The number of rotatable bonds is 6. The summed E-state index contributed by atoms with van der Waals surface area (Å²) in [5.74, 6) is 0. The smallest absolute Gasteiger partial charge is 0.270 e. The zero-order valence-electron chi connectivity index (χ0n) is 16.0. The molecule has 3 aromatic carbocycles. The van der Waals surface area contributed by atoms with Gasteiger partial charge in [0, 0.05) is 17.8 Å². The second-order valence-electron chi connectivity index (χ2n) is 6.62. The quantitative estimate of drug-likeness (QED) is 0.151. The van der Waals surface area contributed by atoms with E-state index in [0.29, 0.717) is 10.6 Å². The molecule has 4 rings (SSSR count). The highest BCUT2D eigenvalue weighted by atomic mass is 32.1. The average molecular weight is 436 g/mol. The zero-order valence-corrected chi connectivity index (χ0v) is 17.6. The van der Waals surface area contributed by atoms with Gasteiger partial charge in [-0.15, -0.1) is 11.3 Å². The van der Waals surface area contributed by atoms with Crippen molar-refractivity contribution >= 4 is 56.5 Å². The van der Waals surface area contributed by atoms with E-state index in [9.17, 15) is 10.1 Å². The van der Waals surface area contributed by atoms with Gasteiger partial charge in [0.1, 0.15) is 0 Å². The molecule has 0 atom stereocenters. The van der Waals surface area contributed by atoms with Gasteiger partial charge < -0.3 is 9.88 Å². The van der Waals surface area contributed by atoms with E-state index in [2.05, 4.69) is 15.5 Å². The first-order chi connectivity index (χ1) is 14.5. The number of nitrogens with one attached hydrogen (secondary N) is 1. The van der Waals surface area contributed by atoms with Gasteiger partial charge in [-0.1, -0.05) is 17.7 Å². The summed E-state index contributed by atoms with van der Waals surface area (Å²) in [4.78, 5) is 10.6. The Kier molecular flexibility index (Phi) is 5.64. The highest BCUT2D eigenvalue weighted by Crippen LogP contribution is 2.27. The van der Waals surface area contributed by atoms with Crippen LogP contribution >= 0.6 is 23.6 Å². The fourth-order valence-corrected chi connectivity index (χ4v) is 4.22. The summed E-state index contributed by atoms with van der Waals surface area (Å²) >= 11 is 6.79. The van der Waals surface area contributed by atoms with Gasteiger partial charge in [-0.3, -0.25) is 10.1 Å². The summed E-state index contributed by atoms with van der Waals surface area (Å²) in [5.41, 5.74) is 4.59. The van der Waals surface area contributed by atoms with Crippen molar-refractivity contribution in [2.24, 2.45) is 10.2 Å². The van der Waals surface area contributed by atoms with E-state index in [1.165, 1.54) is 23.0 Å². The Morgan fingerprint density at radius 1 is 1.03 bits per heavy atom. The van der Waals surface area contributed by atoms with Crippen LogP contribution in [-0.2, 0) is 6.67 Å². The number of fused-ring (bicyclic) bond motifs is 1. The van der Waals surface area contributed by atoms with E-state index < -0.39 is 4.92 Å². The number of anilines is 1. The molecule has 0 bridgehead atoms. The summed E-state index contributed by atoms with van der Waals surface area (Å²) in [5, 5.41) is 22.8. The molecule has 0 saturated heterocycles. The molecule has 0 radical (unpaired) electrons. The number of benzene rings is 3. The summed E-state index contributed by atoms with van der Waals surface area (Å²) in [6, 6.07) is 20.3. The third-order valence-corrected chi connectivity index (χ3v) is 5.90. The Morgan fingerprint density at radius 2 is 1.67 bits per heavy atom. The van der Waals surface area contributed by atoms with E-state index >= 15 is 0 Å². The molecule has 0 aliphatic rings. The Balaban J connectivity index is 1.45. The monoisotopic (exact) mass is 435 g/mol. The highest BCUT2D eigenvalue weighted by Gasteiger charge is 2.11. The molecule has 0 aliphatic carbocycles. The van der Waals surface area contributed by atoms with Crippen LogP contribution in [0.25, 0.3) is 10.2 Å². The first-order valence-electron chi connectivity index (χ1n) is 9.10. The molecule has 0 fully saturated rings. The minimum Gasteiger partial charge on any atom is -0.367 e. The van der Waals surface area contributed by atoms with Crippen LogP contribution in [0.2, 0.25) is 0 Å². The molecule has 1 N–H and O–H groups in total. The zero-order chi connectivity index (χ0) is 21.1. The van der Waals surface area contributed by atoms with E-state index in [1.54, 1.807) is 12.1 Å². The number of nitrogens with zero attached hydrogens (tertiary/aromatic N) is 4. The second-order valence-corrected chi connectivity index (χ2v) is 8.30. The minimum absolute atomic E-state index is 0.0641. The van der Waals surface area contributed by atoms with Crippen LogP contribution in [0, 0.1) is 21.0 Å². The Bertz CT molecular complexity index is 1290. The van der Waals surface area contributed by atoms with Gasteiger partial charge in [-0.05, 0) is 61.6 Å². The van der Waals surface area contributed by atoms with Gasteiger partial charge in [0.05, 0.1) is 33.2 Å². The lowest BCUT2D eigenvalue weighted by atomic mass is 10.2. The van der Waals surface area contributed by atoms with Gasteiger partial charge in [0.2, 0.25) is 0 Å². The molecule has 0 saturated carbocycles. The molecule has 9 heteroatoms. The Labute approximate surface area is 181 Å². The fourth-order valence-electron chi connectivity index (χ4n) is 2.86. The predicted octanol–water partition coefficient (Wildman–Crippen LogP) is 7.13. The minimum atomic E-state index is -0.400. The molecule has 4 aromatic rings.